The van der Waals surface area contributed by atoms with Crippen LogP contribution in [0.1, 0.15) is 38.4 Å². The number of carbonyl (C=O) groups is 1. The molecule has 3 aromatic rings. The van der Waals surface area contributed by atoms with Gasteiger partial charge in [0.2, 0.25) is 12.4 Å². The lowest BCUT2D eigenvalue weighted by Gasteiger charge is -2.28. The molecule has 1 aliphatic heterocycles. The minimum Gasteiger partial charge on any atom is -0.378 e. The van der Waals surface area contributed by atoms with Gasteiger partial charge < -0.3 is 14.5 Å². The summed E-state index contributed by atoms with van der Waals surface area (Å²) in [5.41, 5.74) is 2.00. The molecule has 0 radical (unpaired) electrons. The summed E-state index contributed by atoms with van der Waals surface area (Å²) in [5, 5.41) is 8.29. The van der Waals surface area contributed by atoms with Gasteiger partial charge in [-0.05, 0) is 30.7 Å². The Morgan fingerprint density at radius 1 is 1.12 bits per heavy atom. The highest BCUT2D eigenvalue weighted by Crippen LogP contribution is 2.31. The van der Waals surface area contributed by atoms with Crippen LogP contribution in [0, 0.1) is 11.8 Å². The van der Waals surface area contributed by atoms with Crippen LogP contribution in [0.3, 0.4) is 0 Å². The van der Waals surface area contributed by atoms with Gasteiger partial charge in [-0.1, -0.05) is 31.9 Å². The molecule has 0 unspecified atom stereocenters. The molecule has 1 amide bonds. The highest BCUT2D eigenvalue weighted by Gasteiger charge is 2.22. The van der Waals surface area contributed by atoms with Crippen LogP contribution in [-0.2, 0) is 16.0 Å². The van der Waals surface area contributed by atoms with Crippen molar-refractivity contribution in [3.05, 3.63) is 30.2 Å². The third kappa shape index (κ3) is 6.08. The van der Waals surface area contributed by atoms with E-state index in [2.05, 4.69) is 28.1 Å². The molecule has 1 saturated heterocycles. The van der Waals surface area contributed by atoms with E-state index in [0.717, 1.165) is 65.9 Å². The number of ether oxygens (including phenoxy) is 1. The number of benzene rings is 1. The van der Waals surface area contributed by atoms with E-state index in [4.69, 9.17) is 19.7 Å². The Kier molecular flexibility index (Phi) is 8.05. The molecule has 182 valence electrons. The average molecular weight is 466 g/mol. The van der Waals surface area contributed by atoms with Gasteiger partial charge in [-0.25, -0.2) is 4.98 Å². The van der Waals surface area contributed by atoms with E-state index >= 15 is 0 Å². The van der Waals surface area contributed by atoms with E-state index in [1.165, 1.54) is 30.6 Å². The topological polar surface area (TPSA) is 100 Å². The number of fused-ring (bicyclic) bond motifs is 1. The maximum atomic E-state index is 9.43. The quantitative estimate of drug-likeness (QED) is 0.577. The van der Waals surface area contributed by atoms with E-state index in [1.54, 1.807) is 14.1 Å². The molecule has 2 aliphatic rings. The highest BCUT2D eigenvalue weighted by molar-refractivity contribution is 5.92. The monoisotopic (exact) mass is 465 g/mol. The molecule has 9 heteroatoms. The Hall–Kier alpha value is -3.07. The normalized spacial score (nSPS) is 20.5. The second-order valence-corrected chi connectivity index (χ2v) is 9.51. The molecule has 1 aromatic carbocycles. The SMILES string of the molecule is CC1CCC(Cc2nc(-c3cccc4[nH]ncc34)nc(N3CCOCC3)n2)CC1.CN(C)C=O. The molecule has 0 atom stereocenters. The van der Waals surface area contributed by atoms with Crippen LogP contribution < -0.4 is 4.90 Å². The predicted octanol–water partition coefficient (Wildman–Crippen LogP) is 3.32. The van der Waals surface area contributed by atoms with Crippen molar-refractivity contribution in [1.82, 2.24) is 30.0 Å². The smallest absolute Gasteiger partial charge is 0.229 e. The van der Waals surface area contributed by atoms with E-state index < -0.39 is 0 Å². The summed E-state index contributed by atoms with van der Waals surface area (Å²) in [5.74, 6) is 3.95. The number of anilines is 1. The number of amides is 1. The maximum absolute atomic E-state index is 9.43. The molecule has 2 fully saturated rings. The zero-order chi connectivity index (χ0) is 23.9. The van der Waals surface area contributed by atoms with Gasteiger partial charge in [0.05, 0.1) is 24.9 Å². The third-order valence-electron chi connectivity index (χ3n) is 6.51. The van der Waals surface area contributed by atoms with Crippen LogP contribution in [-0.4, -0.2) is 76.9 Å². The first kappa shape index (κ1) is 24.1. The second kappa shape index (κ2) is 11.4. The lowest BCUT2D eigenvalue weighted by atomic mass is 9.81. The highest BCUT2D eigenvalue weighted by atomic mass is 16.5. The van der Waals surface area contributed by atoms with E-state index in [9.17, 15) is 4.79 Å². The molecule has 1 N–H and O–H groups in total. The Bertz CT molecular complexity index is 1070. The third-order valence-corrected chi connectivity index (χ3v) is 6.51. The van der Waals surface area contributed by atoms with Gasteiger partial charge in [-0.3, -0.25) is 9.89 Å². The molecule has 1 saturated carbocycles. The fraction of sp³-hybridized carbons (Fsp3) is 0.560. The van der Waals surface area contributed by atoms with E-state index in [-0.39, 0.29) is 0 Å². The zero-order valence-corrected chi connectivity index (χ0v) is 20.4. The molecular formula is C25H35N7O2. The van der Waals surface area contributed by atoms with Gasteiger partial charge in [0.15, 0.2) is 5.82 Å². The second-order valence-electron chi connectivity index (χ2n) is 9.51. The van der Waals surface area contributed by atoms with Crippen molar-refractivity contribution in [2.24, 2.45) is 11.8 Å². The van der Waals surface area contributed by atoms with E-state index in [0.29, 0.717) is 19.1 Å². The summed E-state index contributed by atoms with van der Waals surface area (Å²) in [6.07, 6.45) is 8.70. The van der Waals surface area contributed by atoms with Gasteiger partial charge >= 0.3 is 0 Å². The molecule has 2 aromatic heterocycles. The molecule has 1 aliphatic carbocycles. The molecule has 34 heavy (non-hydrogen) atoms. The van der Waals surface area contributed by atoms with Crippen molar-refractivity contribution < 1.29 is 9.53 Å². The lowest BCUT2D eigenvalue weighted by Crippen LogP contribution is -2.37. The molecule has 3 heterocycles. The van der Waals surface area contributed by atoms with Crippen molar-refractivity contribution in [3.8, 4) is 11.4 Å². The standard InChI is InChI=1S/C22H28N6O.C3H7NO/c1-15-5-7-16(8-6-15)13-20-24-21(17-3-2-4-19-18(17)14-23-27-19)26-22(25-20)28-9-11-29-12-10-28;1-4(2)3-5/h2-4,14-16H,5-13H2,1H3,(H,23,27);3H,1-2H3. The summed E-state index contributed by atoms with van der Waals surface area (Å²) in [4.78, 5) is 27.8. The van der Waals surface area contributed by atoms with Crippen LogP contribution in [0.25, 0.3) is 22.3 Å². The van der Waals surface area contributed by atoms with Crippen LogP contribution in [0.15, 0.2) is 24.4 Å². The summed E-state index contributed by atoms with van der Waals surface area (Å²) < 4.78 is 5.52. The van der Waals surface area contributed by atoms with Crippen molar-refractivity contribution >= 4 is 23.3 Å². The number of aromatic amines is 1. The number of nitrogens with one attached hydrogen (secondary N) is 1. The van der Waals surface area contributed by atoms with Gasteiger partial charge in [-0.15, -0.1) is 0 Å². The van der Waals surface area contributed by atoms with Crippen molar-refractivity contribution in [3.63, 3.8) is 0 Å². The first-order valence-electron chi connectivity index (χ1n) is 12.2. The van der Waals surface area contributed by atoms with Crippen LogP contribution in [0.2, 0.25) is 0 Å². The first-order chi connectivity index (χ1) is 16.5. The fourth-order valence-electron chi connectivity index (χ4n) is 4.48. The van der Waals surface area contributed by atoms with Crippen LogP contribution >= 0.6 is 0 Å². The molecule has 0 spiro atoms. The maximum Gasteiger partial charge on any atom is 0.229 e. The van der Waals surface area contributed by atoms with Gasteiger partial charge in [0, 0.05) is 44.6 Å². The van der Waals surface area contributed by atoms with E-state index in [1.807, 2.05) is 18.3 Å². The molecule has 9 nitrogen and oxygen atoms in total. The van der Waals surface area contributed by atoms with Gasteiger partial charge in [0.25, 0.3) is 0 Å². The Morgan fingerprint density at radius 2 is 1.85 bits per heavy atom. The molecule has 0 bridgehead atoms. The fourth-order valence-corrected chi connectivity index (χ4v) is 4.48. The van der Waals surface area contributed by atoms with Crippen molar-refractivity contribution in [2.75, 3.05) is 45.3 Å². The Labute approximate surface area is 200 Å². The summed E-state index contributed by atoms with van der Waals surface area (Å²) >= 11 is 0. The largest absolute Gasteiger partial charge is 0.378 e. The lowest BCUT2D eigenvalue weighted by molar-refractivity contribution is -0.115. The number of rotatable bonds is 5. The number of H-pyrrole nitrogens is 1. The Morgan fingerprint density at radius 3 is 2.56 bits per heavy atom. The predicted molar refractivity (Wildman–Crippen MR) is 133 cm³/mol. The zero-order valence-electron chi connectivity index (χ0n) is 20.4. The van der Waals surface area contributed by atoms with Crippen LogP contribution in [0.5, 0.6) is 0 Å². The van der Waals surface area contributed by atoms with Crippen molar-refractivity contribution in [1.29, 1.82) is 0 Å². The minimum atomic E-state index is 0.670. The number of carbonyl (C=O) groups excluding carboxylic acids is 1. The number of morpholine rings is 1. The number of aromatic nitrogens is 5. The number of nitrogens with zero attached hydrogens (tertiary/aromatic N) is 6. The number of hydrogen-bond acceptors (Lipinski definition) is 7. The number of hydrogen-bond donors (Lipinski definition) is 1. The van der Waals surface area contributed by atoms with Crippen LogP contribution in [0.4, 0.5) is 5.95 Å². The molecule has 5 rings (SSSR count). The van der Waals surface area contributed by atoms with Gasteiger partial charge in [-0.2, -0.15) is 15.1 Å². The molecular weight excluding hydrogens is 430 g/mol. The average Bonchev–Trinajstić information content (AvgIpc) is 3.35. The summed E-state index contributed by atoms with van der Waals surface area (Å²) in [6.45, 7) is 5.43. The summed E-state index contributed by atoms with van der Waals surface area (Å²) in [7, 11) is 3.38. The van der Waals surface area contributed by atoms with Gasteiger partial charge in [0.1, 0.15) is 5.82 Å². The Balaban J connectivity index is 0.000000499. The minimum absolute atomic E-state index is 0.670. The summed E-state index contributed by atoms with van der Waals surface area (Å²) in [6, 6.07) is 6.12. The van der Waals surface area contributed by atoms with Crippen molar-refractivity contribution in [2.45, 2.75) is 39.0 Å². The first-order valence-corrected chi connectivity index (χ1v) is 12.2.